The zero-order valence-corrected chi connectivity index (χ0v) is 8.68. The van der Waals surface area contributed by atoms with Crippen LogP contribution in [0.2, 0.25) is 0 Å². The first kappa shape index (κ1) is 9.39. The number of amidine groups is 1. The second-order valence-electron chi connectivity index (χ2n) is 4.06. The summed E-state index contributed by atoms with van der Waals surface area (Å²) in [7, 11) is 0.712. The maximum Gasteiger partial charge on any atom is 0.337 e. The summed E-state index contributed by atoms with van der Waals surface area (Å²) in [5, 5.41) is 8.86. The Hall–Kier alpha value is -1.85. The number of hydrogen-bond donors (Lipinski definition) is 1. The molecule has 0 aliphatic carbocycles. The number of aromatic carboxylic acids is 1. The molecule has 0 saturated carbocycles. The highest BCUT2D eigenvalue weighted by molar-refractivity contribution is 6.87. The van der Waals surface area contributed by atoms with Crippen molar-refractivity contribution >= 4 is 30.3 Å². The minimum absolute atomic E-state index is 0.235. The molecule has 0 unspecified atom stereocenters. The number of hydrogen-bond acceptors (Lipinski definition) is 4. The molecule has 3 rings (SSSR count). The monoisotopic (exact) mass is 215 g/mol. The second kappa shape index (κ2) is 3.33. The molecule has 1 N–H and O–H groups in total. The second-order valence-corrected chi connectivity index (χ2v) is 4.06. The normalized spacial score (nSPS) is 17.2. The molecule has 1 aromatic rings. The Balaban J connectivity index is 1.89. The summed E-state index contributed by atoms with van der Waals surface area (Å²) in [6.07, 6.45) is 2.58. The van der Waals surface area contributed by atoms with Crippen LogP contribution in [-0.2, 0) is 0 Å². The highest BCUT2D eigenvalue weighted by Gasteiger charge is 2.26. The van der Waals surface area contributed by atoms with Gasteiger partial charge in [0.25, 0.3) is 0 Å². The third-order valence-electron chi connectivity index (χ3n) is 2.99. The summed E-state index contributed by atoms with van der Waals surface area (Å²) in [6.45, 7) is 2.11. The molecule has 80 valence electrons. The summed E-state index contributed by atoms with van der Waals surface area (Å²) >= 11 is 0. The lowest BCUT2D eigenvalue weighted by molar-refractivity contribution is 0.0696. The van der Waals surface area contributed by atoms with Crippen LogP contribution < -0.4 is 5.46 Å². The number of aliphatic imine (C=N–C) groups is 1. The van der Waals surface area contributed by atoms with Crippen LogP contribution in [-0.4, -0.2) is 47.1 Å². The summed E-state index contributed by atoms with van der Waals surface area (Å²) in [4.78, 5) is 21.5. The Morgan fingerprint density at radius 1 is 1.50 bits per heavy atom. The lowest BCUT2D eigenvalue weighted by atomic mass is 9.69. The van der Waals surface area contributed by atoms with Gasteiger partial charge in [0.1, 0.15) is 5.82 Å². The third-order valence-corrected chi connectivity index (χ3v) is 2.99. The molecule has 1 aromatic heterocycles. The van der Waals surface area contributed by atoms with Crippen molar-refractivity contribution in [3.8, 4) is 0 Å². The van der Waals surface area contributed by atoms with E-state index in [0.717, 1.165) is 24.3 Å². The van der Waals surface area contributed by atoms with Gasteiger partial charge in [0.2, 0.25) is 7.28 Å². The topological polar surface area (TPSA) is 65.8 Å². The molecule has 2 aliphatic heterocycles. The molecule has 0 bridgehead atoms. The van der Waals surface area contributed by atoms with Gasteiger partial charge in [-0.2, -0.15) is 0 Å². The molecular formula is C10H10BN3O2. The highest BCUT2D eigenvalue weighted by Crippen LogP contribution is 2.16. The van der Waals surface area contributed by atoms with E-state index in [1.165, 1.54) is 12.6 Å². The van der Waals surface area contributed by atoms with Crippen LogP contribution in [0, 0.1) is 0 Å². The van der Waals surface area contributed by atoms with Gasteiger partial charge in [-0.3, -0.25) is 0 Å². The smallest absolute Gasteiger partial charge is 0.337 e. The van der Waals surface area contributed by atoms with Gasteiger partial charge < -0.3 is 10.0 Å². The van der Waals surface area contributed by atoms with Crippen molar-refractivity contribution in [3.63, 3.8) is 0 Å². The number of rotatable bonds is 1. The predicted octanol–water partition coefficient (Wildman–Crippen LogP) is -0.452. The van der Waals surface area contributed by atoms with Crippen LogP contribution in [0.3, 0.4) is 0 Å². The highest BCUT2D eigenvalue weighted by atomic mass is 16.4. The van der Waals surface area contributed by atoms with Crippen molar-refractivity contribution in [2.75, 3.05) is 13.1 Å². The molecule has 1 fully saturated rings. The van der Waals surface area contributed by atoms with Crippen LogP contribution in [0.5, 0.6) is 0 Å². The van der Waals surface area contributed by atoms with Gasteiger partial charge in [-0.05, 0) is 17.9 Å². The van der Waals surface area contributed by atoms with Crippen molar-refractivity contribution in [2.24, 2.45) is 4.99 Å². The van der Waals surface area contributed by atoms with Gasteiger partial charge >= 0.3 is 5.97 Å². The Morgan fingerprint density at radius 3 is 2.94 bits per heavy atom. The molecule has 3 heterocycles. The molecular weight excluding hydrogens is 205 g/mol. The zero-order chi connectivity index (χ0) is 11.1. The van der Waals surface area contributed by atoms with Gasteiger partial charge in [-0.25, -0.2) is 14.8 Å². The first-order chi connectivity index (χ1) is 7.74. The van der Waals surface area contributed by atoms with E-state index in [2.05, 4.69) is 14.9 Å². The number of carboxylic acids is 1. The van der Waals surface area contributed by atoms with Crippen LogP contribution in [0.1, 0.15) is 16.8 Å². The quantitative estimate of drug-likeness (QED) is 0.644. The molecule has 6 heteroatoms. The summed E-state index contributed by atoms with van der Waals surface area (Å²) in [6, 6.07) is 1.67. The van der Waals surface area contributed by atoms with Crippen molar-refractivity contribution < 1.29 is 9.90 Å². The van der Waals surface area contributed by atoms with Crippen LogP contribution >= 0.6 is 0 Å². The average molecular weight is 215 g/mol. The van der Waals surface area contributed by atoms with Gasteiger partial charge in [-0.1, -0.05) is 0 Å². The molecule has 0 amide bonds. The van der Waals surface area contributed by atoms with E-state index in [4.69, 9.17) is 5.11 Å². The number of nitrogens with zero attached hydrogens (tertiary/aromatic N) is 3. The SMILES string of the molecule is O=C(O)c1cnc2c(c1)BC(N1CCC1)=N2. The van der Waals surface area contributed by atoms with E-state index in [1.54, 1.807) is 6.07 Å². The molecule has 0 radical (unpaired) electrons. The van der Waals surface area contributed by atoms with Gasteiger partial charge in [0, 0.05) is 19.3 Å². The molecule has 1 saturated heterocycles. The first-order valence-corrected chi connectivity index (χ1v) is 5.29. The van der Waals surface area contributed by atoms with Crippen molar-refractivity contribution in [2.45, 2.75) is 6.42 Å². The van der Waals surface area contributed by atoms with Gasteiger partial charge in [0.15, 0.2) is 0 Å². The number of fused-ring (bicyclic) bond motifs is 1. The number of carboxylic acid groups (broad SMARTS) is 1. The third kappa shape index (κ3) is 1.38. The Labute approximate surface area is 93.1 Å². The van der Waals surface area contributed by atoms with Crippen molar-refractivity contribution in [1.82, 2.24) is 9.88 Å². The van der Waals surface area contributed by atoms with E-state index < -0.39 is 5.97 Å². The summed E-state index contributed by atoms with van der Waals surface area (Å²) < 4.78 is 0. The Morgan fingerprint density at radius 2 is 2.31 bits per heavy atom. The molecule has 0 atom stereocenters. The zero-order valence-electron chi connectivity index (χ0n) is 8.68. The number of pyridine rings is 1. The Kier molecular flexibility index (Phi) is 1.95. The fourth-order valence-electron chi connectivity index (χ4n) is 1.94. The minimum Gasteiger partial charge on any atom is -0.478 e. The van der Waals surface area contributed by atoms with E-state index in [0.29, 0.717) is 13.1 Å². The van der Waals surface area contributed by atoms with Crippen molar-refractivity contribution in [1.29, 1.82) is 0 Å². The fourth-order valence-corrected chi connectivity index (χ4v) is 1.94. The number of carbonyl (C=O) groups is 1. The van der Waals surface area contributed by atoms with Crippen molar-refractivity contribution in [3.05, 3.63) is 17.8 Å². The van der Waals surface area contributed by atoms with Crippen LogP contribution in [0.4, 0.5) is 5.82 Å². The number of aromatic nitrogens is 1. The maximum atomic E-state index is 10.8. The van der Waals surface area contributed by atoms with Crippen LogP contribution in [0.15, 0.2) is 17.3 Å². The number of likely N-dealkylation sites (tertiary alicyclic amines) is 1. The summed E-state index contributed by atoms with van der Waals surface area (Å²) in [5.41, 5.74) is 2.18. The molecule has 0 aromatic carbocycles. The van der Waals surface area contributed by atoms with E-state index >= 15 is 0 Å². The lowest BCUT2D eigenvalue weighted by Crippen LogP contribution is -2.45. The van der Waals surface area contributed by atoms with Crippen LogP contribution in [0.25, 0.3) is 0 Å². The Bertz CT molecular complexity index is 497. The van der Waals surface area contributed by atoms with Gasteiger partial charge in [-0.15, -0.1) is 0 Å². The van der Waals surface area contributed by atoms with Gasteiger partial charge in [0.05, 0.1) is 11.3 Å². The minimum atomic E-state index is -0.937. The van der Waals surface area contributed by atoms with E-state index in [-0.39, 0.29) is 5.56 Å². The van der Waals surface area contributed by atoms with E-state index in [9.17, 15) is 4.79 Å². The van der Waals surface area contributed by atoms with E-state index in [1.807, 2.05) is 0 Å². The summed E-state index contributed by atoms with van der Waals surface area (Å²) in [5.74, 6) is -0.264. The molecule has 0 spiro atoms. The first-order valence-electron chi connectivity index (χ1n) is 5.29. The molecule has 2 aliphatic rings. The maximum absolute atomic E-state index is 10.8. The standard InChI is InChI=1S/C10H10BN3O2/c15-9(16)6-4-7-8(12-5-6)13-10(11-7)14-2-1-3-14/h4-5,11H,1-3H2,(H,15,16). The average Bonchev–Trinajstić information content (AvgIpc) is 2.56. The largest absolute Gasteiger partial charge is 0.478 e. The molecule has 16 heavy (non-hydrogen) atoms. The molecule has 5 nitrogen and oxygen atoms in total. The lowest BCUT2D eigenvalue weighted by Gasteiger charge is -2.32. The fraction of sp³-hybridized carbons (Fsp3) is 0.300. The predicted molar refractivity (Wildman–Crippen MR) is 61.3 cm³/mol.